The second kappa shape index (κ2) is 3.20. The van der Waals surface area contributed by atoms with Crippen LogP contribution in [0.3, 0.4) is 0 Å². The number of likely N-dealkylation sites (tertiary alicyclic amines) is 1. The van der Waals surface area contributed by atoms with Crippen LogP contribution in [-0.4, -0.2) is 24.5 Å². The van der Waals surface area contributed by atoms with Gasteiger partial charge in [0.25, 0.3) is 0 Å². The minimum absolute atomic E-state index is 0.797. The summed E-state index contributed by atoms with van der Waals surface area (Å²) in [5.41, 5.74) is 1.40. The lowest BCUT2D eigenvalue weighted by Gasteiger charge is -2.16. The first kappa shape index (κ1) is 7.80. The monoisotopic (exact) mass is 139 g/mol. The van der Waals surface area contributed by atoms with Crippen LogP contribution in [0.5, 0.6) is 0 Å². The highest BCUT2D eigenvalue weighted by Crippen LogP contribution is 2.13. The third-order valence-corrected chi connectivity index (χ3v) is 1.85. The average Bonchev–Trinajstić information content (AvgIpc) is 2.13. The Morgan fingerprint density at radius 1 is 1.60 bits per heavy atom. The van der Waals surface area contributed by atoms with Crippen molar-refractivity contribution in [3.8, 4) is 0 Å². The fraction of sp³-hybridized carbons (Fsp3) is 0.778. The highest BCUT2D eigenvalue weighted by Gasteiger charge is 2.14. The Morgan fingerprint density at radius 2 is 2.30 bits per heavy atom. The summed E-state index contributed by atoms with van der Waals surface area (Å²) in [5, 5.41) is 0. The van der Waals surface area contributed by atoms with Gasteiger partial charge in [-0.3, -0.25) is 4.90 Å². The lowest BCUT2D eigenvalue weighted by atomic mass is 10.2. The van der Waals surface area contributed by atoms with Crippen molar-refractivity contribution >= 4 is 0 Å². The maximum absolute atomic E-state index is 3.97. The number of nitrogens with zero attached hydrogens (tertiary/aromatic N) is 1. The Labute approximate surface area is 63.7 Å². The second-order valence-corrected chi connectivity index (χ2v) is 3.63. The van der Waals surface area contributed by atoms with Crippen LogP contribution in [-0.2, 0) is 0 Å². The van der Waals surface area contributed by atoms with E-state index in [0.29, 0.717) is 0 Å². The predicted octanol–water partition coefficient (Wildman–Crippen LogP) is 1.90. The van der Waals surface area contributed by atoms with Gasteiger partial charge in [-0.2, -0.15) is 0 Å². The van der Waals surface area contributed by atoms with Crippen LogP contribution >= 0.6 is 0 Å². The maximum Gasteiger partial charge on any atom is 0.0190 e. The first-order valence-electron chi connectivity index (χ1n) is 4.07. The van der Waals surface area contributed by atoms with E-state index in [2.05, 4.69) is 25.3 Å². The molecule has 0 N–H and O–H groups in total. The van der Waals surface area contributed by atoms with Gasteiger partial charge in [0.05, 0.1) is 0 Å². The molecule has 58 valence electrons. The van der Waals surface area contributed by atoms with Crippen molar-refractivity contribution in [2.24, 2.45) is 5.92 Å². The molecule has 1 aliphatic rings. The van der Waals surface area contributed by atoms with Gasteiger partial charge in [-0.25, -0.2) is 0 Å². The van der Waals surface area contributed by atoms with E-state index >= 15 is 0 Å². The zero-order valence-corrected chi connectivity index (χ0v) is 7.06. The third-order valence-electron chi connectivity index (χ3n) is 1.85. The van der Waals surface area contributed by atoms with E-state index in [1.54, 1.807) is 0 Å². The zero-order valence-electron chi connectivity index (χ0n) is 7.06. The summed E-state index contributed by atoms with van der Waals surface area (Å²) in [6.07, 6.45) is 1.21. The first-order valence-corrected chi connectivity index (χ1v) is 4.07. The van der Waals surface area contributed by atoms with Crippen LogP contribution in [0.2, 0.25) is 0 Å². The average molecular weight is 139 g/mol. The van der Waals surface area contributed by atoms with E-state index in [0.717, 1.165) is 12.5 Å². The molecular weight excluding hydrogens is 122 g/mol. The SMILES string of the molecule is C=C1CCN(CC(C)C)C1. The Morgan fingerprint density at radius 3 is 2.70 bits per heavy atom. The molecule has 1 rings (SSSR count). The van der Waals surface area contributed by atoms with Gasteiger partial charge in [-0.15, -0.1) is 0 Å². The van der Waals surface area contributed by atoms with Crippen molar-refractivity contribution < 1.29 is 0 Å². The first-order chi connectivity index (χ1) is 4.68. The molecule has 0 aromatic carbocycles. The van der Waals surface area contributed by atoms with Crippen LogP contribution in [0.4, 0.5) is 0 Å². The van der Waals surface area contributed by atoms with E-state index in [-0.39, 0.29) is 0 Å². The van der Waals surface area contributed by atoms with Crippen LogP contribution in [0.25, 0.3) is 0 Å². The van der Waals surface area contributed by atoms with Crippen molar-refractivity contribution in [1.82, 2.24) is 4.90 Å². The normalized spacial score (nSPS) is 20.9. The lowest BCUT2D eigenvalue weighted by Crippen LogP contribution is -2.24. The minimum Gasteiger partial charge on any atom is -0.299 e. The molecule has 1 heteroatoms. The fourth-order valence-electron chi connectivity index (χ4n) is 1.46. The van der Waals surface area contributed by atoms with Gasteiger partial charge in [-0.1, -0.05) is 26.0 Å². The molecule has 1 heterocycles. The van der Waals surface area contributed by atoms with Gasteiger partial charge >= 0.3 is 0 Å². The third kappa shape index (κ3) is 2.14. The van der Waals surface area contributed by atoms with E-state index < -0.39 is 0 Å². The molecule has 1 fully saturated rings. The van der Waals surface area contributed by atoms with Gasteiger partial charge in [0.15, 0.2) is 0 Å². The molecule has 0 saturated carbocycles. The molecule has 10 heavy (non-hydrogen) atoms. The molecular formula is C9H17N. The van der Waals surface area contributed by atoms with E-state index in [1.165, 1.54) is 25.1 Å². The maximum atomic E-state index is 3.97. The van der Waals surface area contributed by atoms with Crippen molar-refractivity contribution in [1.29, 1.82) is 0 Å². The minimum atomic E-state index is 0.797. The Balaban J connectivity index is 2.24. The summed E-state index contributed by atoms with van der Waals surface area (Å²) in [4.78, 5) is 2.48. The molecule has 0 bridgehead atoms. The summed E-state index contributed by atoms with van der Waals surface area (Å²) >= 11 is 0. The smallest absolute Gasteiger partial charge is 0.0190 e. The lowest BCUT2D eigenvalue weighted by molar-refractivity contribution is 0.303. The van der Waals surface area contributed by atoms with E-state index in [4.69, 9.17) is 0 Å². The summed E-state index contributed by atoms with van der Waals surface area (Å²) < 4.78 is 0. The van der Waals surface area contributed by atoms with Crippen LogP contribution in [0, 0.1) is 5.92 Å². The molecule has 1 aliphatic heterocycles. The Bertz CT molecular complexity index is 127. The summed E-state index contributed by atoms with van der Waals surface area (Å²) in [6.45, 7) is 12.1. The van der Waals surface area contributed by atoms with Crippen molar-refractivity contribution in [2.75, 3.05) is 19.6 Å². The number of hydrogen-bond donors (Lipinski definition) is 0. The molecule has 0 aliphatic carbocycles. The number of hydrogen-bond acceptors (Lipinski definition) is 1. The standard InChI is InChI=1S/C9H17N/c1-8(2)6-10-5-4-9(3)7-10/h8H,3-7H2,1-2H3. The quantitative estimate of drug-likeness (QED) is 0.528. The summed E-state index contributed by atoms with van der Waals surface area (Å²) in [7, 11) is 0. The highest BCUT2D eigenvalue weighted by atomic mass is 15.1. The van der Waals surface area contributed by atoms with Gasteiger partial charge < -0.3 is 0 Å². The Hall–Kier alpha value is -0.300. The molecule has 1 nitrogen and oxygen atoms in total. The van der Waals surface area contributed by atoms with Crippen molar-refractivity contribution in [2.45, 2.75) is 20.3 Å². The van der Waals surface area contributed by atoms with E-state index in [9.17, 15) is 0 Å². The summed E-state index contributed by atoms with van der Waals surface area (Å²) in [6, 6.07) is 0. The van der Waals surface area contributed by atoms with Crippen LogP contribution in [0.15, 0.2) is 12.2 Å². The molecule has 1 saturated heterocycles. The second-order valence-electron chi connectivity index (χ2n) is 3.63. The van der Waals surface area contributed by atoms with Gasteiger partial charge in [0.1, 0.15) is 0 Å². The van der Waals surface area contributed by atoms with Gasteiger partial charge in [0.2, 0.25) is 0 Å². The van der Waals surface area contributed by atoms with Gasteiger partial charge in [-0.05, 0) is 12.3 Å². The molecule has 0 radical (unpaired) electrons. The summed E-state index contributed by atoms with van der Waals surface area (Å²) in [5.74, 6) is 0.797. The van der Waals surface area contributed by atoms with Crippen molar-refractivity contribution in [3.63, 3.8) is 0 Å². The molecule has 0 aromatic heterocycles. The topological polar surface area (TPSA) is 3.24 Å². The van der Waals surface area contributed by atoms with E-state index in [1.807, 2.05) is 0 Å². The predicted molar refractivity (Wildman–Crippen MR) is 45.0 cm³/mol. The van der Waals surface area contributed by atoms with Crippen LogP contribution in [0.1, 0.15) is 20.3 Å². The molecule has 0 atom stereocenters. The fourth-order valence-corrected chi connectivity index (χ4v) is 1.46. The van der Waals surface area contributed by atoms with Crippen LogP contribution < -0.4 is 0 Å². The molecule has 0 aromatic rings. The number of rotatable bonds is 2. The van der Waals surface area contributed by atoms with Gasteiger partial charge in [0, 0.05) is 19.6 Å². The zero-order chi connectivity index (χ0) is 7.56. The molecule has 0 amide bonds. The molecule has 0 unspecified atom stereocenters. The largest absolute Gasteiger partial charge is 0.299 e. The Kier molecular flexibility index (Phi) is 2.50. The highest BCUT2D eigenvalue weighted by molar-refractivity contribution is 5.03. The molecule has 0 spiro atoms. The van der Waals surface area contributed by atoms with Crippen molar-refractivity contribution in [3.05, 3.63) is 12.2 Å².